The summed E-state index contributed by atoms with van der Waals surface area (Å²) in [5, 5.41) is 4.10. The zero-order valence-electron chi connectivity index (χ0n) is 9.91. The number of aryl methyl sites for hydroxylation is 1. The molecule has 0 unspecified atom stereocenters. The molecule has 90 valence electrons. The topological polar surface area (TPSA) is 29.9 Å². The van der Waals surface area contributed by atoms with Gasteiger partial charge in [0.1, 0.15) is 5.82 Å². The lowest BCUT2D eigenvalue weighted by Gasteiger charge is -2.26. The van der Waals surface area contributed by atoms with Crippen molar-refractivity contribution in [3.63, 3.8) is 0 Å². The van der Waals surface area contributed by atoms with Gasteiger partial charge in [0, 0.05) is 13.0 Å². The Balaban J connectivity index is 2.07. The van der Waals surface area contributed by atoms with Gasteiger partial charge >= 0.3 is 0 Å². The molecule has 2 heterocycles. The molecular formula is C13H16ClN3. The fourth-order valence-electron chi connectivity index (χ4n) is 2.44. The molecule has 0 amide bonds. The highest BCUT2D eigenvalue weighted by molar-refractivity contribution is 6.35. The highest BCUT2D eigenvalue weighted by Crippen LogP contribution is 2.26. The van der Waals surface area contributed by atoms with Crippen LogP contribution in [-0.2, 0) is 13.0 Å². The van der Waals surface area contributed by atoms with Gasteiger partial charge in [0.25, 0.3) is 0 Å². The SMILES string of the molecule is CCn1c(CC2CNC2)nc2cccc(Cl)c21. The third kappa shape index (κ3) is 1.83. The first-order chi connectivity index (χ1) is 8.29. The van der Waals surface area contributed by atoms with E-state index in [2.05, 4.69) is 16.8 Å². The van der Waals surface area contributed by atoms with E-state index in [0.717, 1.165) is 48.0 Å². The largest absolute Gasteiger partial charge is 0.327 e. The standard InChI is InChI=1S/C13H16ClN3/c1-2-17-12(6-9-7-15-8-9)16-11-5-3-4-10(14)13(11)17/h3-5,9,15H,2,6-8H2,1H3. The second-order valence-electron chi connectivity index (χ2n) is 4.61. The Morgan fingerprint density at radius 3 is 2.94 bits per heavy atom. The van der Waals surface area contributed by atoms with Crippen molar-refractivity contribution < 1.29 is 0 Å². The third-order valence-electron chi connectivity index (χ3n) is 3.45. The molecule has 1 N–H and O–H groups in total. The Kier molecular flexibility index (Phi) is 2.81. The maximum atomic E-state index is 6.27. The van der Waals surface area contributed by atoms with E-state index in [9.17, 15) is 0 Å². The molecule has 0 atom stereocenters. The van der Waals surface area contributed by atoms with Crippen molar-refractivity contribution >= 4 is 22.6 Å². The van der Waals surface area contributed by atoms with Crippen molar-refractivity contribution in [2.75, 3.05) is 13.1 Å². The van der Waals surface area contributed by atoms with E-state index in [1.165, 1.54) is 5.82 Å². The number of aromatic nitrogens is 2. The monoisotopic (exact) mass is 249 g/mol. The van der Waals surface area contributed by atoms with Crippen molar-refractivity contribution in [3.8, 4) is 0 Å². The van der Waals surface area contributed by atoms with E-state index in [0.29, 0.717) is 0 Å². The van der Waals surface area contributed by atoms with Crippen LogP contribution in [0.25, 0.3) is 11.0 Å². The summed E-state index contributed by atoms with van der Waals surface area (Å²) >= 11 is 6.27. The smallest absolute Gasteiger partial charge is 0.110 e. The van der Waals surface area contributed by atoms with Gasteiger partial charge in [-0.1, -0.05) is 17.7 Å². The zero-order chi connectivity index (χ0) is 11.8. The molecule has 0 bridgehead atoms. The average Bonchev–Trinajstić information content (AvgIpc) is 2.62. The number of imidazole rings is 1. The summed E-state index contributed by atoms with van der Waals surface area (Å²) in [6.07, 6.45) is 1.05. The highest BCUT2D eigenvalue weighted by atomic mass is 35.5. The Bertz CT molecular complexity index is 543. The molecular weight excluding hydrogens is 234 g/mol. The molecule has 0 aliphatic carbocycles. The molecule has 1 fully saturated rings. The normalized spacial score (nSPS) is 16.4. The van der Waals surface area contributed by atoms with Crippen LogP contribution < -0.4 is 5.32 Å². The van der Waals surface area contributed by atoms with E-state index < -0.39 is 0 Å². The summed E-state index contributed by atoms with van der Waals surface area (Å²) in [6.45, 7) is 5.30. The molecule has 0 radical (unpaired) electrons. The number of rotatable bonds is 3. The molecule has 3 nitrogen and oxygen atoms in total. The number of benzene rings is 1. The van der Waals surface area contributed by atoms with Gasteiger partial charge in [-0.25, -0.2) is 4.98 Å². The van der Waals surface area contributed by atoms with Crippen LogP contribution in [0.1, 0.15) is 12.7 Å². The summed E-state index contributed by atoms with van der Waals surface area (Å²) in [5.74, 6) is 1.90. The summed E-state index contributed by atoms with van der Waals surface area (Å²) in [7, 11) is 0. The Morgan fingerprint density at radius 1 is 1.47 bits per heavy atom. The van der Waals surface area contributed by atoms with Crippen LogP contribution in [0.2, 0.25) is 5.02 Å². The van der Waals surface area contributed by atoms with E-state index >= 15 is 0 Å². The predicted molar refractivity (Wildman–Crippen MR) is 70.5 cm³/mol. The zero-order valence-corrected chi connectivity index (χ0v) is 10.7. The van der Waals surface area contributed by atoms with Gasteiger partial charge in [0.05, 0.1) is 16.1 Å². The summed E-state index contributed by atoms with van der Waals surface area (Å²) in [4.78, 5) is 4.72. The number of hydrogen-bond acceptors (Lipinski definition) is 2. The van der Waals surface area contributed by atoms with Gasteiger partial charge in [-0.3, -0.25) is 0 Å². The number of para-hydroxylation sites is 1. The van der Waals surface area contributed by atoms with Crippen LogP contribution in [0.15, 0.2) is 18.2 Å². The van der Waals surface area contributed by atoms with E-state index in [1.807, 2.05) is 18.2 Å². The molecule has 2 aromatic rings. The molecule has 0 spiro atoms. The van der Waals surface area contributed by atoms with Gasteiger partial charge in [-0.2, -0.15) is 0 Å². The minimum Gasteiger partial charge on any atom is -0.327 e. The van der Waals surface area contributed by atoms with Crippen LogP contribution in [0.3, 0.4) is 0 Å². The third-order valence-corrected chi connectivity index (χ3v) is 3.75. The molecule has 1 aromatic carbocycles. The Hall–Kier alpha value is -1.06. The lowest BCUT2D eigenvalue weighted by atomic mass is 9.99. The minimum absolute atomic E-state index is 0.732. The van der Waals surface area contributed by atoms with Gasteiger partial charge in [-0.05, 0) is 38.1 Å². The summed E-state index contributed by atoms with van der Waals surface area (Å²) in [5.41, 5.74) is 2.10. The van der Waals surface area contributed by atoms with Crippen LogP contribution in [-0.4, -0.2) is 22.6 Å². The van der Waals surface area contributed by atoms with Crippen molar-refractivity contribution in [2.45, 2.75) is 19.9 Å². The first-order valence-electron chi connectivity index (χ1n) is 6.14. The van der Waals surface area contributed by atoms with Crippen LogP contribution >= 0.6 is 11.6 Å². The van der Waals surface area contributed by atoms with E-state index in [1.54, 1.807) is 0 Å². The van der Waals surface area contributed by atoms with E-state index in [-0.39, 0.29) is 0 Å². The number of nitrogens with zero attached hydrogens (tertiary/aromatic N) is 2. The summed E-state index contributed by atoms with van der Waals surface area (Å²) in [6, 6.07) is 5.94. The second-order valence-corrected chi connectivity index (χ2v) is 5.02. The predicted octanol–water partition coefficient (Wildman–Crippen LogP) is 2.47. The average molecular weight is 250 g/mol. The lowest BCUT2D eigenvalue weighted by molar-refractivity contribution is 0.338. The second kappa shape index (κ2) is 4.31. The molecule has 1 saturated heterocycles. The molecule has 17 heavy (non-hydrogen) atoms. The van der Waals surface area contributed by atoms with Crippen molar-refractivity contribution in [1.82, 2.24) is 14.9 Å². The molecule has 4 heteroatoms. The lowest BCUT2D eigenvalue weighted by Crippen LogP contribution is -2.43. The van der Waals surface area contributed by atoms with Gasteiger partial charge in [0.2, 0.25) is 0 Å². The first-order valence-corrected chi connectivity index (χ1v) is 6.51. The maximum absolute atomic E-state index is 6.27. The molecule has 1 aromatic heterocycles. The van der Waals surface area contributed by atoms with Crippen LogP contribution in [0.4, 0.5) is 0 Å². The number of halogens is 1. The van der Waals surface area contributed by atoms with Crippen molar-refractivity contribution in [1.29, 1.82) is 0 Å². The fraction of sp³-hybridized carbons (Fsp3) is 0.462. The highest BCUT2D eigenvalue weighted by Gasteiger charge is 2.21. The number of nitrogens with one attached hydrogen (secondary N) is 1. The van der Waals surface area contributed by atoms with Gasteiger partial charge in [0.15, 0.2) is 0 Å². The Labute approximate surface area is 106 Å². The molecule has 1 aliphatic heterocycles. The molecule has 1 aliphatic rings. The van der Waals surface area contributed by atoms with Crippen molar-refractivity contribution in [2.24, 2.45) is 5.92 Å². The minimum atomic E-state index is 0.732. The van der Waals surface area contributed by atoms with Gasteiger partial charge in [-0.15, -0.1) is 0 Å². The maximum Gasteiger partial charge on any atom is 0.110 e. The fourth-order valence-corrected chi connectivity index (χ4v) is 2.71. The number of hydrogen-bond donors (Lipinski definition) is 1. The van der Waals surface area contributed by atoms with Crippen LogP contribution in [0.5, 0.6) is 0 Å². The number of fused-ring (bicyclic) bond motifs is 1. The Morgan fingerprint density at radius 2 is 2.29 bits per heavy atom. The van der Waals surface area contributed by atoms with Gasteiger partial charge < -0.3 is 9.88 Å². The van der Waals surface area contributed by atoms with Crippen molar-refractivity contribution in [3.05, 3.63) is 29.0 Å². The summed E-state index contributed by atoms with van der Waals surface area (Å²) < 4.78 is 2.25. The first kappa shape index (κ1) is 11.1. The van der Waals surface area contributed by atoms with E-state index in [4.69, 9.17) is 16.6 Å². The molecule has 3 rings (SSSR count). The van der Waals surface area contributed by atoms with Crippen LogP contribution in [0, 0.1) is 5.92 Å². The quantitative estimate of drug-likeness (QED) is 0.906. The molecule has 0 saturated carbocycles.